The first-order chi connectivity index (χ1) is 16.4. The van der Waals surface area contributed by atoms with Crippen LogP contribution in [0.2, 0.25) is 5.02 Å². The van der Waals surface area contributed by atoms with Crippen molar-refractivity contribution in [3.63, 3.8) is 0 Å². The average molecular weight is 466 g/mol. The van der Waals surface area contributed by atoms with Crippen LogP contribution in [-0.4, -0.2) is 11.8 Å². The van der Waals surface area contributed by atoms with Crippen LogP contribution < -0.4 is 4.90 Å². The van der Waals surface area contributed by atoms with Gasteiger partial charge in [0, 0.05) is 16.9 Å². The van der Waals surface area contributed by atoms with Gasteiger partial charge in [-0.15, -0.1) is 0 Å². The van der Waals surface area contributed by atoms with E-state index in [4.69, 9.17) is 11.6 Å². The topological polar surface area (TPSA) is 37.4 Å². The number of hydrogen-bond acceptors (Lipinski definition) is 2. The number of anilines is 1. The van der Waals surface area contributed by atoms with E-state index in [0.29, 0.717) is 10.7 Å². The maximum Gasteiger partial charge on any atom is 0.238 e. The zero-order chi connectivity index (χ0) is 23.6. The van der Waals surface area contributed by atoms with Gasteiger partial charge in [-0.25, -0.2) is 4.90 Å². The number of halogens is 1. The molecule has 3 aliphatic rings. The second-order valence-electron chi connectivity index (χ2n) is 9.54. The van der Waals surface area contributed by atoms with Gasteiger partial charge in [0.05, 0.1) is 17.5 Å². The molecular formula is C30H24ClNO2. The van der Waals surface area contributed by atoms with Gasteiger partial charge in [-0.1, -0.05) is 89.5 Å². The van der Waals surface area contributed by atoms with E-state index >= 15 is 0 Å². The van der Waals surface area contributed by atoms with Gasteiger partial charge in [0.1, 0.15) is 0 Å². The summed E-state index contributed by atoms with van der Waals surface area (Å²) in [5.41, 5.74) is 7.52. The summed E-state index contributed by atoms with van der Waals surface area (Å²) in [6, 6.07) is 24.0. The van der Waals surface area contributed by atoms with Crippen molar-refractivity contribution >= 4 is 34.7 Å². The molecule has 1 saturated carbocycles. The Morgan fingerprint density at radius 2 is 1.24 bits per heavy atom. The maximum atomic E-state index is 13.6. The number of imide groups is 1. The summed E-state index contributed by atoms with van der Waals surface area (Å²) in [5, 5.41) is 0.512. The molecule has 2 fully saturated rings. The second-order valence-corrected chi connectivity index (χ2v) is 9.98. The summed E-state index contributed by atoms with van der Waals surface area (Å²) < 4.78 is 0. The van der Waals surface area contributed by atoms with E-state index in [0.717, 1.165) is 16.7 Å². The highest BCUT2D eigenvalue weighted by Gasteiger charge is 2.62. The predicted molar refractivity (Wildman–Crippen MR) is 135 cm³/mol. The van der Waals surface area contributed by atoms with Crippen LogP contribution >= 0.6 is 11.6 Å². The lowest BCUT2D eigenvalue weighted by atomic mass is 9.85. The van der Waals surface area contributed by atoms with E-state index in [-0.39, 0.29) is 35.5 Å². The summed E-state index contributed by atoms with van der Waals surface area (Å²) in [5.74, 6) is -1.18. The van der Waals surface area contributed by atoms with Gasteiger partial charge in [-0.05, 0) is 54.3 Å². The highest BCUT2D eigenvalue weighted by molar-refractivity contribution is 6.31. The standard InChI is InChI=1S/C30H24ClNO2/c1-17-6-10-19(11-7-17)25(20-12-8-18(2)9-13-20)26-23-14-15-24(26)28-27(23)29(33)32(30(28)34)22-5-3-4-21(31)16-22/h3-16,23-24,27-28H,1-2H3/t23-,24-,27+,28+/m1/s1. The van der Waals surface area contributed by atoms with Gasteiger partial charge < -0.3 is 0 Å². The smallest absolute Gasteiger partial charge is 0.238 e. The third-order valence-corrected chi connectivity index (χ3v) is 7.69. The van der Waals surface area contributed by atoms with Crippen molar-refractivity contribution in [2.45, 2.75) is 13.8 Å². The Labute approximate surface area is 204 Å². The number of fused-ring (bicyclic) bond motifs is 5. The minimum atomic E-state index is -0.373. The van der Waals surface area contributed by atoms with Crippen molar-refractivity contribution in [1.29, 1.82) is 0 Å². The molecule has 0 spiro atoms. The molecule has 3 nitrogen and oxygen atoms in total. The molecule has 1 heterocycles. The van der Waals surface area contributed by atoms with Crippen molar-refractivity contribution in [1.82, 2.24) is 0 Å². The summed E-state index contributed by atoms with van der Waals surface area (Å²) in [6.45, 7) is 4.16. The zero-order valence-corrected chi connectivity index (χ0v) is 19.8. The number of rotatable bonds is 3. The first-order valence-electron chi connectivity index (χ1n) is 11.6. The lowest BCUT2D eigenvalue weighted by molar-refractivity contribution is -0.122. The molecule has 2 bridgehead atoms. The average Bonchev–Trinajstić information content (AvgIpc) is 3.46. The zero-order valence-electron chi connectivity index (χ0n) is 19.0. The first kappa shape index (κ1) is 21.1. The van der Waals surface area contributed by atoms with Crippen molar-refractivity contribution < 1.29 is 9.59 Å². The Morgan fingerprint density at radius 1 is 0.735 bits per heavy atom. The molecular weight excluding hydrogens is 442 g/mol. The molecule has 34 heavy (non-hydrogen) atoms. The quantitative estimate of drug-likeness (QED) is 0.332. The molecule has 2 amide bonds. The van der Waals surface area contributed by atoms with Crippen molar-refractivity contribution in [2.75, 3.05) is 4.90 Å². The summed E-state index contributed by atoms with van der Waals surface area (Å²) in [7, 11) is 0. The van der Waals surface area contributed by atoms with Crippen LogP contribution in [0, 0.1) is 37.5 Å². The van der Waals surface area contributed by atoms with Gasteiger partial charge in [0.2, 0.25) is 11.8 Å². The Bertz CT molecular complexity index is 1300. The first-order valence-corrected chi connectivity index (χ1v) is 12.0. The second kappa shape index (κ2) is 7.82. The normalized spacial score (nSPS) is 24.8. The van der Waals surface area contributed by atoms with Crippen molar-refractivity contribution in [3.05, 3.63) is 118 Å². The van der Waals surface area contributed by atoms with Crippen molar-refractivity contribution in [2.24, 2.45) is 23.7 Å². The SMILES string of the molecule is Cc1ccc(C(=C2[C@H]3C=C[C@H]2[C@@H]2C(=O)N(c4cccc(Cl)c4)C(=O)[C@H]23)c2ccc(C)cc2)cc1. The van der Waals surface area contributed by atoms with E-state index in [2.05, 4.69) is 74.5 Å². The number of carbonyl (C=O) groups is 2. The fourth-order valence-electron chi connectivity index (χ4n) is 5.91. The van der Waals surface area contributed by atoms with Crippen LogP contribution in [0.25, 0.3) is 5.57 Å². The molecule has 4 atom stereocenters. The number of allylic oxidation sites excluding steroid dienone is 3. The number of benzene rings is 3. The van der Waals surface area contributed by atoms with Crippen molar-refractivity contribution in [3.8, 4) is 0 Å². The van der Waals surface area contributed by atoms with Crippen LogP contribution in [0.1, 0.15) is 22.3 Å². The molecule has 4 heteroatoms. The Balaban J connectivity index is 1.49. The van der Waals surface area contributed by atoms with Gasteiger partial charge in [-0.3, -0.25) is 9.59 Å². The lowest BCUT2D eigenvalue weighted by Gasteiger charge is -2.22. The molecule has 2 aliphatic carbocycles. The van der Waals surface area contributed by atoms with Crippen LogP contribution in [0.15, 0.2) is 90.5 Å². The molecule has 1 aliphatic heterocycles. The Hall–Kier alpha value is -3.43. The maximum absolute atomic E-state index is 13.6. The third-order valence-electron chi connectivity index (χ3n) is 7.45. The van der Waals surface area contributed by atoms with Gasteiger partial charge >= 0.3 is 0 Å². The lowest BCUT2D eigenvalue weighted by Crippen LogP contribution is -2.33. The van der Waals surface area contributed by atoms with Gasteiger partial charge in [-0.2, -0.15) is 0 Å². The van der Waals surface area contributed by atoms with Crippen LogP contribution in [-0.2, 0) is 9.59 Å². The molecule has 3 aromatic rings. The third kappa shape index (κ3) is 3.11. The van der Waals surface area contributed by atoms with E-state index in [1.807, 2.05) is 0 Å². The number of amides is 2. The molecule has 168 valence electrons. The monoisotopic (exact) mass is 465 g/mol. The number of aryl methyl sites for hydroxylation is 2. The number of hydrogen-bond donors (Lipinski definition) is 0. The van der Waals surface area contributed by atoms with E-state index in [9.17, 15) is 9.59 Å². The molecule has 0 radical (unpaired) electrons. The summed E-state index contributed by atoms with van der Waals surface area (Å²) in [4.78, 5) is 28.6. The van der Waals surface area contributed by atoms with E-state index in [1.165, 1.54) is 21.6 Å². The molecule has 3 aromatic carbocycles. The van der Waals surface area contributed by atoms with Gasteiger partial charge in [0.15, 0.2) is 0 Å². The minimum absolute atomic E-state index is 0.0896. The molecule has 0 N–H and O–H groups in total. The summed E-state index contributed by atoms with van der Waals surface area (Å²) in [6.07, 6.45) is 4.27. The minimum Gasteiger partial charge on any atom is -0.274 e. The molecule has 0 aromatic heterocycles. The largest absolute Gasteiger partial charge is 0.274 e. The van der Waals surface area contributed by atoms with E-state index in [1.54, 1.807) is 24.3 Å². The van der Waals surface area contributed by atoms with Gasteiger partial charge in [0.25, 0.3) is 0 Å². The fraction of sp³-hybridized carbons (Fsp3) is 0.200. The summed E-state index contributed by atoms with van der Waals surface area (Å²) >= 11 is 6.16. The molecule has 0 unspecified atom stereocenters. The van der Waals surface area contributed by atoms with Crippen LogP contribution in [0.5, 0.6) is 0 Å². The van der Waals surface area contributed by atoms with Crippen LogP contribution in [0.3, 0.4) is 0 Å². The fourth-order valence-corrected chi connectivity index (χ4v) is 6.09. The van der Waals surface area contributed by atoms with E-state index < -0.39 is 0 Å². The number of carbonyl (C=O) groups excluding carboxylic acids is 2. The highest BCUT2D eigenvalue weighted by Crippen LogP contribution is 2.58. The number of nitrogens with zero attached hydrogens (tertiary/aromatic N) is 1. The molecule has 6 rings (SSSR count). The Morgan fingerprint density at radius 3 is 1.71 bits per heavy atom. The predicted octanol–water partition coefficient (Wildman–Crippen LogP) is 6.38. The van der Waals surface area contributed by atoms with Crippen LogP contribution in [0.4, 0.5) is 5.69 Å². The Kier molecular flexibility index (Phi) is 4.86. The molecule has 1 saturated heterocycles. The highest BCUT2D eigenvalue weighted by atomic mass is 35.5.